The van der Waals surface area contributed by atoms with Gasteiger partial charge < -0.3 is 24.8 Å². The van der Waals surface area contributed by atoms with E-state index in [1.807, 2.05) is 0 Å². The minimum Gasteiger partial charge on any atom is -0.489 e. The third kappa shape index (κ3) is 3.50. The van der Waals surface area contributed by atoms with Crippen LogP contribution in [0.5, 0.6) is 5.75 Å². The number of ether oxygens (including phenoxy) is 2. The van der Waals surface area contributed by atoms with Crippen LogP contribution in [-0.2, 0) is 9.53 Å². The molecule has 0 radical (unpaired) electrons. The molecule has 114 valence electrons. The first kappa shape index (κ1) is 15.3. The number of carbonyl (C=O) groups excluding carboxylic acids is 1. The average Bonchev–Trinajstić information content (AvgIpc) is 2.50. The van der Waals surface area contributed by atoms with Crippen molar-refractivity contribution < 1.29 is 24.2 Å². The van der Waals surface area contributed by atoms with Gasteiger partial charge in [-0.2, -0.15) is 0 Å². The summed E-state index contributed by atoms with van der Waals surface area (Å²) < 4.78 is 10.3. The van der Waals surface area contributed by atoms with E-state index in [4.69, 9.17) is 14.6 Å². The molecule has 0 saturated heterocycles. The van der Waals surface area contributed by atoms with Gasteiger partial charge in [-0.15, -0.1) is 0 Å². The van der Waals surface area contributed by atoms with E-state index in [0.717, 1.165) is 0 Å². The van der Waals surface area contributed by atoms with Gasteiger partial charge in [0.15, 0.2) is 5.75 Å². The van der Waals surface area contributed by atoms with E-state index in [9.17, 15) is 9.59 Å². The predicted octanol–water partition coefficient (Wildman–Crippen LogP) is 0.346. The number of fused-ring (bicyclic) bond motifs is 1. The number of carboxylic acids is 1. The summed E-state index contributed by atoms with van der Waals surface area (Å²) in [6.45, 7) is 1.95. The Morgan fingerprint density at radius 1 is 1.48 bits per heavy atom. The zero-order valence-corrected chi connectivity index (χ0v) is 11.8. The van der Waals surface area contributed by atoms with E-state index >= 15 is 0 Å². The number of carbonyl (C=O) groups is 2. The lowest BCUT2D eigenvalue weighted by Gasteiger charge is -2.30. The van der Waals surface area contributed by atoms with Crippen LogP contribution in [0.3, 0.4) is 0 Å². The number of anilines is 1. The summed E-state index contributed by atoms with van der Waals surface area (Å²) in [7, 11) is 1.59. The zero-order chi connectivity index (χ0) is 15.2. The van der Waals surface area contributed by atoms with Gasteiger partial charge in [0.2, 0.25) is 5.91 Å². The first-order valence-corrected chi connectivity index (χ1v) is 6.64. The topological polar surface area (TPSA) is 88.1 Å². The molecule has 1 aliphatic heterocycles. The average molecular weight is 294 g/mol. The zero-order valence-electron chi connectivity index (χ0n) is 11.8. The number of hydrogen-bond donors (Lipinski definition) is 2. The summed E-state index contributed by atoms with van der Waals surface area (Å²) in [6.07, 6.45) is 0. The van der Waals surface area contributed by atoms with Crippen LogP contribution in [0.25, 0.3) is 0 Å². The Labute approximate surface area is 122 Å². The van der Waals surface area contributed by atoms with Gasteiger partial charge >= 0.3 is 5.97 Å². The fourth-order valence-electron chi connectivity index (χ4n) is 2.14. The lowest BCUT2D eigenvalue weighted by atomic mass is 10.1. The Morgan fingerprint density at radius 3 is 3.00 bits per heavy atom. The normalized spacial score (nSPS) is 13.5. The molecule has 2 rings (SSSR count). The quantitative estimate of drug-likeness (QED) is 0.736. The largest absolute Gasteiger partial charge is 0.489 e. The second kappa shape index (κ2) is 7.05. The maximum atomic E-state index is 12.2. The monoisotopic (exact) mass is 294 g/mol. The smallest absolute Gasteiger partial charge is 0.339 e. The fourth-order valence-corrected chi connectivity index (χ4v) is 2.14. The maximum absolute atomic E-state index is 12.2. The summed E-state index contributed by atoms with van der Waals surface area (Å²) in [4.78, 5) is 25.0. The highest BCUT2D eigenvalue weighted by atomic mass is 16.5. The number of amides is 1. The van der Waals surface area contributed by atoms with Crippen LogP contribution in [0.1, 0.15) is 10.4 Å². The van der Waals surface area contributed by atoms with Crippen molar-refractivity contribution in [3.8, 4) is 5.75 Å². The van der Waals surface area contributed by atoms with Crippen molar-refractivity contribution in [1.29, 1.82) is 0 Å². The fraction of sp³-hybridized carbons (Fsp3) is 0.429. The summed E-state index contributed by atoms with van der Waals surface area (Å²) in [5, 5.41) is 12.1. The molecule has 1 amide bonds. The SMILES string of the molecule is COCCNCC(=O)N1CCOc2c(C(=O)O)cccc21. The minimum atomic E-state index is -1.07. The van der Waals surface area contributed by atoms with Crippen LogP contribution < -0.4 is 15.0 Å². The van der Waals surface area contributed by atoms with Crippen molar-refractivity contribution in [1.82, 2.24) is 5.32 Å². The molecule has 1 aromatic rings. The van der Waals surface area contributed by atoms with Crippen molar-refractivity contribution in [3.63, 3.8) is 0 Å². The molecule has 1 aromatic carbocycles. The van der Waals surface area contributed by atoms with Gasteiger partial charge in [0, 0.05) is 13.7 Å². The predicted molar refractivity (Wildman–Crippen MR) is 76.0 cm³/mol. The van der Waals surface area contributed by atoms with Crippen LogP contribution in [0.4, 0.5) is 5.69 Å². The minimum absolute atomic E-state index is 0.0670. The Bertz CT molecular complexity index is 532. The third-order valence-electron chi connectivity index (χ3n) is 3.14. The molecule has 1 heterocycles. The summed E-state index contributed by atoms with van der Waals surface area (Å²) in [6, 6.07) is 4.76. The first-order valence-electron chi connectivity index (χ1n) is 6.64. The van der Waals surface area contributed by atoms with E-state index in [1.165, 1.54) is 6.07 Å². The molecule has 0 saturated carbocycles. The van der Waals surface area contributed by atoms with E-state index in [2.05, 4.69) is 5.32 Å². The number of hydrogen-bond acceptors (Lipinski definition) is 5. The van der Waals surface area contributed by atoms with Crippen molar-refractivity contribution >= 4 is 17.6 Å². The van der Waals surface area contributed by atoms with Crippen LogP contribution in [0.2, 0.25) is 0 Å². The number of benzene rings is 1. The highest BCUT2D eigenvalue weighted by Crippen LogP contribution is 2.34. The molecule has 21 heavy (non-hydrogen) atoms. The van der Waals surface area contributed by atoms with Gasteiger partial charge in [0.05, 0.1) is 25.4 Å². The molecule has 1 aliphatic rings. The third-order valence-corrected chi connectivity index (χ3v) is 3.14. The van der Waals surface area contributed by atoms with E-state index in [-0.39, 0.29) is 30.4 Å². The molecule has 2 N–H and O–H groups in total. The number of methoxy groups -OCH3 is 1. The highest BCUT2D eigenvalue weighted by Gasteiger charge is 2.27. The number of carboxylic acid groups (broad SMARTS) is 1. The Morgan fingerprint density at radius 2 is 2.29 bits per heavy atom. The van der Waals surface area contributed by atoms with Gasteiger partial charge in [-0.05, 0) is 12.1 Å². The van der Waals surface area contributed by atoms with Crippen molar-refractivity contribution in [2.45, 2.75) is 0 Å². The van der Waals surface area contributed by atoms with Crippen molar-refractivity contribution in [2.75, 3.05) is 44.9 Å². The summed E-state index contributed by atoms with van der Waals surface area (Å²) >= 11 is 0. The molecule has 0 bridgehead atoms. The second-order valence-electron chi connectivity index (χ2n) is 4.52. The van der Waals surface area contributed by atoms with Crippen LogP contribution in [0, 0.1) is 0 Å². The first-order chi connectivity index (χ1) is 10.1. The van der Waals surface area contributed by atoms with Gasteiger partial charge in [-0.25, -0.2) is 4.79 Å². The maximum Gasteiger partial charge on any atom is 0.339 e. The second-order valence-corrected chi connectivity index (χ2v) is 4.52. The van der Waals surface area contributed by atoms with E-state index < -0.39 is 5.97 Å². The number of rotatable bonds is 6. The van der Waals surface area contributed by atoms with Gasteiger partial charge in [0.25, 0.3) is 0 Å². The van der Waals surface area contributed by atoms with Crippen LogP contribution in [0.15, 0.2) is 18.2 Å². The highest BCUT2D eigenvalue weighted by molar-refractivity contribution is 6.00. The Kier molecular flexibility index (Phi) is 5.13. The molecule has 0 unspecified atom stereocenters. The number of aromatic carboxylic acids is 1. The molecule has 0 atom stereocenters. The summed E-state index contributed by atoms with van der Waals surface area (Å²) in [5.74, 6) is -0.945. The van der Waals surface area contributed by atoms with Crippen LogP contribution in [-0.4, -0.2) is 56.9 Å². The molecular formula is C14H18N2O5. The van der Waals surface area contributed by atoms with Gasteiger partial charge in [-0.3, -0.25) is 4.79 Å². The number of nitrogens with one attached hydrogen (secondary N) is 1. The van der Waals surface area contributed by atoms with Gasteiger partial charge in [0.1, 0.15) is 12.2 Å². The number of nitrogens with zero attached hydrogens (tertiary/aromatic N) is 1. The lowest BCUT2D eigenvalue weighted by molar-refractivity contribution is -0.118. The molecule has 0 aliphatic carbocycles. The van der Waals surface area contributed by atoms with Crippen LogP contribution >= 0.6 is 0 Å². The Hall–Kier alpha value is -2.12. The van der Waals surface area contributed by atoms with Gasteiger partial charge in [-0.1, -0.05) is 6.07 Å². The molecule has 0 fully saturated rings. The summed E-state index contributed by atoms with van der Waals surface area (Å²) in [5.41, 5.74) is 0.567. The van der Waals surface area contributed by atoms with Crippen molar-refractivity contribution in [2.24, 2.45) is 0 Å². The Balaban J connectivity index is 2.13. The molecule has 0 aromatic heterocycles. The lowest BCUT2D eigenvalue weighted by Crippen LogP contribution is -2.43. The molecular weight excluding hydrogens is 276 g/mol. The number of para-hydroxylation sites is 1. The molecule has 7 nitrogen and oxygen atoms in total. The van der Waals surface area contributed by atoms with E-state index in [1.54, 1.807) is 24.1 Å². The van der Waals surface area contributed by atoms with Crippen molar-refractivity contribution in [3.05, 3.63) is 23.8 Å². The van der Waals surface area contributed by atoms with E-state index in [0.29, 0.717) is 25.4 Å². The molecule has 0 spiro atoms. The standard InChI is InChI=1S/C14H18N2O5/c1-20-7-5-15-9-12(17)16-6-8-21-13-10(14(18)19)3-2-4-11(13)16/h2-4,15H,5-9H2,1H3,(H,18,19). The molecule has 7 heteroatoms.